The maximum atomic E-state index is 9.67. The number of fused-ring (bicyclic) bond motifs is 3. The van der Waals surface area contributed by atoms with Gasteiger partial charge in [0, 0.05) is 38.3 Å². The summed E-state index contributed by atoms with van der Waals surface area (Å²) in [6.45, 7) is 3.97. The summed E-state index contributed by atoms with van der Waals surface area (Å²) < 4.78 is 1.47. The van der Waals surface area contributed by atoms with E-state index in [2.05, 4.69) is 47.6 Å². The van der Waals surface area contributed by atoms with Crippen molar-refractivity contribution in [2.24, 2.45) is 0 Å². The molecule has 0 radical (unpaired) electrons. The fourth-order valence-electron chi connectivity index (χ4n) is 4.64. The van der Waals surface area contributed by atoms with E-state index in [1.807, 2.05) is 6.07 Å². The second-order valence-corrected chi connectivity index (χ2v) is 9.10. The molecule has 2 bridgehead atoms. The first kappa shape index (κ1) is 20.0. The summed E-state index contributed by atoms with van der Waals surface area (Å²) in [5.74, 6) is 0.833. The van der Waals surface area contributed by atoms with Crippen LogP contribution >= 0.6 is 11.6 Å². The molecule has 2 saturated heterocycles. The Labute approximate surface area is 195 Å². The van der Waals surface area contributed by atoms with Crippen LogP contribution in [0.25, 0.3) is 5.65 Å². The van der Waals surface area contributed by atoms with Crippen molar-refractivity contribution < 1.29 is 0 Å². The molecule has 1 aliphatic carbocycles. The van der Waals surface area contributed by atoms with Crippen LogP contribution in [0.2, 0.25) is 5.02 Å². The number of aromatic nitrogens is 4. The monoisotopic (exact) mass is 460 g/mol. The molecule has 1 saturated carbocycles. The van der Waals surface area contributed by atoms with E-state index in [1.165, 1.54) is 10.7 Å². The molecule has 6 rings (SSSR count). The van der Waals surface area contributed by atoms with E-state index < -0.39 is 0 Å². The van der Waals surface area contributed by atoms with Gasteiger partial charge in [-0.05, 0) is 31.4 Å². The lowest BCUT2D eigenvalue weighted by atomic mass is 10.1. The van der Waals surface area contributed by atoms with Crippen molar-refractivity contribution in [3.05, 3.63) is 34.6 Å². The minimum absolute atomic E-state index is 0.272. The zero-order chi connectivity index (χ0) is 22.5. The Hall–Kier alpha value is -3.60. The third kappa shape index (κ3) is 3.58. The number of anilines is 4. The van der Waals surface area contributed by atoms with Gasteiger partial charge in [-0.2, -0.15) is 20.0 Å². The summed E-state index contributed by atoms with van der Waals surface area (Å²) in [5, 5.41) is 30.7. The summed E-state index contributed by atoms with van der Waals surface area (Å²) in [4.78, 5) is 13.7. The van der Waals surface area contributed by atoms with Crippen molar-refractivity contribution >= 4 is 40.4 Å². The van der Waals surface area contributed by atoms with Gasteiger partial charge in [-0.1, -0.05) is 11.6 Å². The maximum absolute atomic E-state index is 9.67. The van der Waals surface area contributed by atoms with Gasteiger partial charge in [-0.3, -0.25) is 4.90 Å². The van der Waals surface area contributed by atoms with Crippen LogP contribution in [0, 0.1) is 22.7 Å². The molecule has 2 aliphatic heterocycles. The molecule has 33 heavy (non-hydrogen) atoms. The molecular weight excluding hydrogens is 440 g/mol. The van der Waals surface area contributed by atoms with Crippen LogP contribution in [0.4, 0.5) is 23.1 Å². The number of piperazine rings is 1. The Morgan fingerprint density at radius 3 is 2.76 bits per heavy atom. The highest BCUT2D eigenvalue weighted by Crippen LogP contribution is 2.39. The van der Waals surface area contributed by atoms with Crippen LogP contribution < -0.4 is 15.5 Å². The molecular formula is C22H21ClN10. The van der Waals surface area contributed by atoms with E-state index in [0.717, 1.165) is 51.1 Å². The number of hydrogen-bond donors (Lipinski definition) is 2. The van der Waals surface area contributed by atoms with Crippen molar-refractivity contribution in [2.75, 3.05) is 41.7 Å². The molecule has 3 aromatic rings. The summed E-state index contributed by atoms with van der Waals surface area (Å²) in [6.07, 6.45) is 4.70. The molecule has 11 heteroatoms. The normalized spacial score (nSPS) is 21.6. The lowest BCUT2D eigenvalue weighted by molar-refractivity contribution is 0.311. The Balaban J connectivity index is 1.40. The molecule has 10 nitrogen and oxygen atoms in total. The topological polar surface area (TPSA) is 121 Å². The fraction of sp³-hybridized carbons (Fsp3) is 0.409. The van der Waals surface area contributed by atoms with E-state index in [9.17, 15) is 10.5 Å². The first-order valence-corrected chi connectivity index (χ1v) is 11.4. The average Bonchev–Trinajstić information content (AvgIpc) is 3.42. The summed E-state index contributed by atoms with van der Waals surface area (Å²) >= 11 is 6.88. The second-order valence-electron chi connectivity index (χ2n) is 8.72. The third-order valence-electron chi connectivity index (χ3n) is 6.48. The summed E-state index contributed by atoms with van der Waals surface area (Å²) in [7, 11) is 0. The van der Waals surface area contributed by atoms with Gasteiger partial charge >= 0.3 is 0 Å². The number of imidazole rings is 1. The number of hydrogen-bond acceptors (Lipinski definition) is 9. The molecule has 0 amide bonds. The van der Waals surface area contributed by atoms with Crippen molar-refractivity contribution in [2.45, 2.75) is 31.3 Å². The van der Waals surface area contributed by atoms with E-state index >= 15 is 0 Å². The Morgan fingerprint density at radius 1 is 1.09 bits per heavy atom. The molecule has 0 spiro atoms. The standard InChI is InChI=1S/C22H21ClN10/c23-19-17(7-13(9-24)8-18(19)32-6-5-31-4-3-15(32)12-31)28-22-29-20(27-14-1-2-14)21-26-11-16(10-25)33(21)30-22/h7-8,11,14-15H,1-6,12H2,(H2,27,28,29,30). The van der Waals surface area contributed by atoms with Crippen LogP contribution in [0.5, 0.6) is 0 Å². The number of benzene rings is 1. The average molecular weight is 461 g/mol. The van der Waals surface area contributed by atoms with Gasteiger partial charge in [0.05, 0.1) is 34.2 Å². The Morgan fingerprint density at radius 2 is 1.97 bits per heavy atom. The van der Waals surface area contributed by atoms with Gasteiger partial charge in [0.25, 0.3) is 0 Å². The van der Waals surface area contributed by atoms with Gasteiger partial charge in [0.2, 0.25) is 5.95 Å². The van der Waals surface area contributed by atoms with Crippen molar-refractivity contribution in [3.63, 3.8) is 0 Å². The Kier molecular flexibility index (Phi) is 4.72. The Bertz CT molecular complexity index is 1330. The van der Waals surface area contributed by atoms with Crippen LogP contribution in [-0.2, 0) is 0 Å². The molecule has 2 atom stereocenters. The molecule has 3 aliphatic rings. The number of nitrogens with zero attached hydrogens (tertiary/aromatic N) is 8. The second kappa shape index (κ2) is 7.77. The van der Waals surface area contributed by atoms with Gasteiger partial charge < -0.3 is 15.5 Å². The number of nitrogens with one attached hydrogen (secondary N) is 2. The van der Waals surface area contributed by atoms with Crippen molar-refractivity contribution in [1.29, 1.82) is 10.5 Å². The van der Waals surface area contributed by atoms with E-state index in [4.69, 9.17) is 11.6 Å². The summed E-state index contributed by atoms with van der Waals surface area (Å²) in [5.41, 5.74) is 2.73. The van der Waals surface area contributed by atoms with Gasteiger partial charge in [-0.25, -0.2) is 4.98 Å². The van der Waals surface area contributed by atoms with Crippen molar-refractivity contribution in [1.82, 2.24) is 24.5 Å². The van der Waals surface area contributed by atoms with Gasteiger partial charge in [0.1, 0.15) is 6.07 Å². The minimum atomic E-state index is 0.272. The molecule has 2 unspecified atom stereocenters. The van der Waals surface area contributed by atoms with E-state index in [-0.39, 0.29) is 5.95 Å². The highest BCUT2D eigenvalue weighted by Gasteiger charge is 2.34. The molecule has 166 valence electrons. The largest absolute Gasteiger partial charge is 0.365 e. The van der Waals surface area contributed by atoms with Gasteiger partial charge in [-0.15, -0.1) is 5.10 Å². The molecule has 2 N–H and O–H groups in total. The highest BCUT2D eigenvalue weighted by molar-refractivity contribution is 6.36. The van der Waals surface area contributed by atoms with E-state index in [0.29, 0.717) is 45.5 Å². The minimum Gasteiger partial charge on any atom is -0.365 e. The van der Waals surface area contributed by atoms with Crippen LogP contribution in [0.1, 0.15) is 30.5 Å². The number of rotatable bonds is 5. The lowest BCUT2D eigenvalue weighted by Crippen LogP contribution is -2.47. The third-order valence-corrected chi connectivity index (χ3v) is 6.88. The first-order chi connectivity index (χ1) is 16.1. The number of nitriles is 2. The smallest absolute Gasteiger partial charge is 0.247 e. The molecule has 3 fully saturated rings. The maximum Gasteiger partial charge on any atom is 0.247 e. The lowest BCUT2D eigenvalue weighted by Gasteiger charge is -2.37. The predicted octanol–water partition coefficient (Wildman–Crippen LogP) is 2.73. The molecule has 4 heterocycles. The van der Waals surface area contributed by atoms with E-state index in [1.54, 1.807) is 6.07 Å². The fourth-order valence-corrected chi connectivity index (χ4v) is 4.91. The molecule has 1 aromatic carbocycles. The van der Waals surface area contributed by atoms with Crippen molar-refractivity contribution in [3.8, 4) is 12.1 Å². The zero-order valence-corrected chi connectivity index (χ0v) is 18.5. The first-order valence-electron chi connectivity index (χ1n) is 11.0. The molecule has 2 aromatic heterocycles. The summed E-state index contributed by atoms with van der Waals surface area (Å²) in [6, 6.07) is 8.66. The SMILES string of the molecule is N#Cc1cc(Nc2nc(NC3CC3)c3ncc(C#N)n3n2)c(Cl)c(N2CCN3CCC2C3)c1. The quantitative estimate of drug-likeness (QED) is 0.591. The van der Waals surface area contributed by atoms with Crippen LogP contribution in [0.15, 0.2) is 18.3 Å². The van der Waals surface area contributed by atoms with Gasteiger partial charge in [0.15, 0.2) is 17.2 Å². The van der Waals surface area contributed by atoms with Crippen LogP contribution in [-0.4, -0.2) is 62.7 Å². The number of halogens is 1. The predicted molar refractivity (Wildman–Crippen MR) is 124 cm³/mol. The van der Waals surface area contributed by atoms with Crippen LogP contribution in [0.3, 0.4) is 0 Å². The highest BCUT2D eigenvalue weighted by atomic mass is 35.5. The zero-order valence-electron chi connectivity index (χ0n) is 17.8.